The monoisotopic (exact) mass is 287 g/mol. The minimum Gasteiger partial charge on any atom is -0.250 e. The van der Waals surface area contributed by atoms with Crippen LogP contribution in [0.3, 0.4) is 0 Å². The molecule has 0 radical (unpaired) electrons. The van der Waals surface area contributed by atoms with Gasteiger partial charge in [-0.05, 0) is 40.5 Å². The third kappa shape index (κ3) is 2.11. The van der Waals surface area contributed by atoms with Gasteiger partial charge >= 0.3 is 5.69 Å². The Morgan fingerprint density at radius 1 is 0.773 bits per heavy atom. The first-order valence-electron chi connectivity index (χ1n) is 7.04. The van der Waals surface area contributed by atoms with E-state index in [1.165, 1.54) is 9.96 Å². The topological polar surface area (TPSA) is 50.2 Å². The smallest absolute Gasteiger partial charge is 0.250 e. The highest BCUT2D eigenvalue weighted by Gasteiger charge is 2.04. The first-order chi connectivity index (χ1) is 10.8. The van der Waals surface area contributed by atoms with Crippen LogP contribution >= 0.6 is 0 Å². The highest BCUT2D eigenvalue weighted by molar-refractivity contribution is 5.73. The average molecular weight is 287 g/mol. The molecule has 0 aliphatic rings. The van der Waals surface area contributed by atoms with Gasteiger partial charge in [-0.25, -0.2) is 14.3 Å². The Kier molecular flexibility index (Phi) is 2.86. The summed E-state index contributed by atoms with van der Waals surface area (Å²) in [4.78, 5) is 11.7. The number of nitrogens with zero attached hydrogens (tertiary/aromatic N) is 2. The summed E-state index contributed by atoms with van der Waals surface area (Å²) in [5, 5.41) is 6.39. The van der Waals surface area contributed by atoms with Crippen molar-refractivity contribution in [3.8, 4) is 22.3 Å². The molecule has 22 heavy (non-hydrogen) atoms. The summed E-state index contributed by atoms with van der Waals surface area (Å²) in [5.41, 5.74) is 4.76. The largest absolute Gasteiger partial charge is 0.347 e. The van der Waals surface area contributed by atoms with Crippen molar-refractivity contribution in [3.63, 3.8) is 0 Å². The lowest BCUT2D eigenvalue weighted by Crippen LogP contribution is -2.08. The van der Waals surface area contributed by atoms with Gasteiger partial charge in [0.15, 0.2) is 5.65 Å². The van der Waals surface area contributed by atoms with Crippen LogP contribution in [0.15, 0.2) is 77.7 Å². The predicted molar refractivity (Wildman–Crippen MR) is 86.7 cm³/mol. The Morgan fingerprint density at radius 3 is 2.32 bits per heavy atom. The molecule has 0 atom stereocenters. The SMILES string of the molecule is O=c1[nH]nc2ccc(-c3cccc(-c4ccccc4)c3)cn12. The van der Waals surface area contributed by atoms with Gasteiger partial charge in [0.1, 0.15) is 0 Å². The lowest BCUT2D eigenvalue weighted by Gasteiger charge is -2.06. The molecule has 4 nitrogen and oxygen atoms in total. The summed E-state index contributed by atoms with van der Waals surface area (Å²) >= 11 is 0. The molecule has 0 saturated carbocycles. The molecule has 2 heterocycles. The molecular weight excluding hydrogens is 274 g/mol. The molecular formula is C18H13N3O. The molecule has 0 saturated heterocycles. The van der Waals surface area contributed by atoms with Crippen LogP contribution in [0.2, 0.25) is 0 Å². The molecule has 0 aliphatic heterocycles. The first-order valence-corrected chi connectivity index (χ1v) is 7.04. The highest BCUT2D eigenvalue weighted by Crippen LogP contribution is 2.26. The van der Waals surface area contributed by atoms with Gasteiger partial charge in [0.25, 0.3) is 0 Å². The normalized spacial score (nSPS) is 10.9. The zero-order valence-corrected chi connectivity index (χ0v) is 11.7. The summed E-state index contributed by atoms with van der Waals surface area (Å²) in [7, 11) is 0. The molecule has 0 amide bonds. The standard InChI is InChI=1S/C18H13N3O/c22-18-20-19-17-10-9-16(12-21(17)18)15-8-4-7-14(11-15)13-5-2-1-3-6-13/h1-12H,(H,20,22). The van der Waals surface area contributed by atoms with Crippen LogP contribution in [0.25, 0.3) is 27.9 Å². The first kappa shape index (κ1) is 12.6. The van der Waals surface area contributed by atoms with Crippen molar-refractivity contribution < 1.29 is 0 Å². The summed E-state index contributed by atoms with van der Waals surface area (Å²) in [6, 6.07) is 22.3. The summed E-state index contributed by atoms with van der Waals surface area (Å²) in [6.45, 7) is 0. The van der Waals surface area contributed by atoms with Crippen molar-refractivity contribution in [2.75, 3.05) is 0 Å². The zero-order valence-electron chi connectivity index (χ0n) is 11.7. The highest BCUT2D eigenvalue weighted by atomic mass is 16.1. The van der Waals surface area contributed by atoms with E-state index in [1.54, 1.807) is 0 Å². The summed E-state index contributed by atoms with van der Waals surface area (Å²) < 4.78 is 1.52. The fraction of sp³-hybridized carbons (Fsp3) is 0. The van der Waals surface area contributed by atoms with E-state index in [-0.39, 0.29) is 5.69 Å². The number of benzene rings is 2. The van der Waals surface area contributed by atoms with Crippen LogP contribution < -0.4 is 5.69 Å². The Balaban J connectivity index is 1.84. The molecule has 4 heteroatoms. The Labute approximate surface area is 126 Å². The van der Waals surface area contributed by atoms with Crippen molar-refractivity contribution in [2.45, 2.75) is 0 Å². The third-order valence-corrected chi connectivity index (χ3v) is 3.71. The number of aromatic amines is 1. The van der Waals surface area contributed by atoms with Gasteiger partial charge in [0, 0.05) is 6.20 Å². The molecule has 2 aromatic heterocycles. The van der Waals surface area contributed by atoms with Crippen LogP contribution in [-0.2, 0) is 0 Å². The second-order valence-corrected chi connectivity index (χ2v) is 5.12. The minimum absolute atomic E-state index is 0.226. The maximum Gasteiger partial charge on any atom is 0.347 e. The van der Waals surface area contributed by atoms with Gasteiger partial charge < -0.3 is 0 Å². The van der Waals surface area contributed by atoms with E-state index in [0.29, 0.717) is 5.65 Å². The second-order valence-electron chi connectivity index (χ2n) is 5.12. The number of hydrogen-bond donors (Lipinski definition) is 1. The fourth-order valence-corrected chi connectivity index (χ4v) is 2.59. The number of hydrogen-bond acceptors (Lipinski definition) is 2. The lowest BCUT2D eigenvalue weighted by molar-refractivity contribution is 1.02. The molecule has 106 valence electrons. The van der Waals surface area contributed by atoms with Crippen molar-refractivity contribution in [1.29, 1.82) is 0 Å². The van der Waals surface area contributed by atoms with Crippen molar-refractivity contribution in [2.24, 2.45) is 0 Å². The summed E-state index contributed by atoms with van der Waals surface area (Å²) in [6.07, 6.45) is 1.81. The summed E-state index contributed by atoms with van der Waals surface area (Å²) in [5.74, 6) is 0. The fourth-order valence-electron chi connectivity index (χ4n) is 2.59. The molecule has 0 fully saturated rings. The van der Waals surface area contributed by atoms with Gasteiger partial charge in [-0.1, -0.05) is 48.5 Å². The van der Waals surface area contributed by atoms with Crippen LogP contribution in [0.4, 0.5) is 0 Å². The maximum absolute atomic E-state index is 11.7. The van der Waals surface area contributed by atoms with Crippen molar-refractivity contribution in [1.82, 2.24) is 14.6 Å². The van der Waals surface area contributed by atoms with E-state index < -0.39 is 0 Å². The van der Waals surface area contributed by atoms with Crippen LogP contribution in [0.5, 0.6) is 0 Å². The van der Waals surface area contributed by atoms with Crippen LogP contribution in [0, 0.1) is 0 Å². The maximum atomic E-state index is 11.7. The molecule has 0 aliphatic carbocycles. The van der Waals surface area contributed by atoms with Crippen molar-refractivity contribution in [3.05, 3.63) is 83.4 Å². The van der Waals surface area contributed by atoms with Gasteiger partial charge in [-0.3, -0.25) is 0 Å². The predicted octanol–water partition coefficient (Wildman–Crippen LogP) is 3.36. The van der Waals surface area contributed by atoms with E-state index in [4.69, 9.17) is 0 Å². The van der Waals surface area contributed by atoms with Gasteiger partial charge in [-0.2, -0.15) is 5.10 Å². The number of aromatic nitrogens is 3. The van der Waals surface area contributed by atoms with Crippen LogP contribution in [-0.4, -0.2) is 14.6 Å². The molecule has 4 rings (SSSR count). The molecule has 4 aromatic rings. The van der Waals surface area contributed by atoms with E-state index in [2.05, 4.69) is 34.5 Å². The molecule has 0 unspecified atom stereocenters. The molecule has 2 aromatic carbocycles. The second kappa shape index (κ2) is 5.00. The lowest BCUT2D eigenvalue weighted by atomic mass is 10.00. The van der Waals surface area contributed by atoms with Crippen LogP contribution in [0.1, 0.15) is 0 Å². The number of rotatable bonds is 2. The Hall–Kier alpha value is -3.14. The van der Waals surface area contributed by atoms with Gasteiger partial charge in [0.2, 0.25) is 0 Å². The van der Waals surface area contributed by atoms with E-state index >= 15 is 0 Å². The zero-order chi connectivity index (χ0) is 14.9. The molecule has 0 bridgehead atoms. The minimum atomic E-state index is -0.226. The number of pyridine rings is 1. The molecule has 0 spiro atoms. The van der Waals surface area contributed by atoms with Crippen molar-refractivity contribution >= 4 is 5.65 Å². The van der Waals surface area contributed by atoms with E-state index in [9.17, 15) is 4.79 Å². The number of fused-ring (bicyclic) bond motifs is 1. The quantitative estimate of drug-likeness (QED) is 0.614. The number of nitrogens with one attached hydrogen (secondary N) is 1. The Morgan fingerprint density at radius 2 is 1.50 bits per heavy atom. The average Bonchev–Trinajstić information content (AvgIpc) is 2.96. The van der Waals surface area contributed by atoms with E-state index in [1.807, 2.05) is 48.7 Å². The third-order valence-electron chi connectivity index (χ3n) is 3.71. The van der Waals surface area contributed by atoms with Gasteiger partial charge in [-0.15, -0.1) is 0 Å². The Bertz CT molecular complexity index is 999. The number of H-pyrrole nitrogens is 1. The van der Waals surface area contributed by atoms with E-state index in [0.717, 1.165) is 16.7 Å². The van der Waals surface area contributed by atoms with Gasteiger partial charge in [0.05, 0.1) is 0 Å². The molecule has 1 N–H and O–H groups in total.